The summed E-state index contributed by atoms with van der Waals surface area (Å²) < 4.78 is 5.08. The Labute approximate surface area is 125 Å². The summed E-state index contributed by atoms with van der Waals surface area (Å²) in [5, 5.41) is 6.45. The van der Waals surface area contributed by atoms with E-state index in [1.807, 2.05) is 19.2 Å². The number of carbonyl (C=O) groups is 1. The first-order valence-corrected chi connectivity index (χ1v) is 6.29. The van der Waals surface area contributed by atoms with E-state index in [2.05, 4.69) is 10.6 Å². The van der Waals surface area contributed by atoms with Crippen LogP contribution in [0.1, 0.15) is 12.0 Å². The highest BCUT2D eigenvalue weighted by Crippen LogP contribution is 2.22. The standard InChI is InChI=1S/C13H19ClN2O2.ClH/c1-15-7-6-13(17)16-8-5-10-3-4-11(18-2)9-12(10)14;/h3-4,9,15H,5-8H2,1-2H3,(H,16,17);1H. The summed E-state index contributed by atoms with van der Waals surface area (Å²) in [7, 11) is 3.43. The molecule has 2 N–H and O–H groups in total. The van der Waals surface area contributed by atoms with E-state index < -0.39 is 0 Å². The van der Waals surface area contributed by atoms with Crippen molar-refractivity contribution in [3.05, 3.63) is 28.8 Å². The summed E-state index contributed by atoms with van der Waals surface area (Å²) in [5.41, 5.74) is 1.01. The van der Waals surface area contributed by atoms with Gasteiger partial charge in [0.1, 0.15) is 5.75 Å². The predicted molar refractivity (Wildman–Crippen MR) is 80.5 cm³/mol. The van der Waals surface area contributed by atoms with E-state index in [1.165, 1.54) is 0 Å². The molecule has 108 valence electrons. The third-order valence-electron chi connectivity index (χ3n) is 2.58. The zero-order valence-electron chi connectivity index (χ0n) is 11.2. The summed E-state index contributed by atoms with van der Waals surface area (Å²) >= 11 is 6.10. The van der Waals surface area contributed by atoms with E-state index in [0.717, 1.165) is 11.3 Å². The Morgan fingerprint density at radius 2 is 2.11 bits per heavy atom. The molecule has 4 nitrogen and oxygen atoms in total. The third kappa shape index (κ3) is 6.66. The molecule has 0 saturated heterocycles. The van der Waals surface area contributed by atoms with Gasteiger partial charge in [-0.1, -0.05) is 17.7 Å². The number of carbonyl (C=O) groups excluding carboxylic acids is 1. The normalized spacial score (nSPS) is 9.63. The van der Waals surface area contributed by atoms with Crippen LogP contribution in [-0.4, -0.2) is 33.2 Å². The van der Waals surface area contributed by atoms with Crippen molar-refractivity contribution in [3.8, 4) is 5.75 Å². The second-order valence-electron chi connectivity index (χ2n) is 3.91. The quantitative estimate of drug-likeness (QED) is 0.810. The Morgan fingerprint density at radius 1 is 1.37 bits per heavy atom. The number of hydrogen-bond donors (Lipinski definition) is 2. The first-order chi connectivity index (χ1) is 8.67. The number of halogens is 2. The summed E-state index contributed by atoms with van der Waals surface area (Å²) in [6, 6.07) is 5.56. The van der Waals surface area contributed by atoms with E-state index in [-0.39, 0.29) is 18.3 Å². The average Bonchev–Trinajstić information content (AvgIpc) is 2.38. The fourth-order valence-electron chi connectivity index (χ4n) is 1.52. The number of nitrogens with one attached hydrogen (secondary N) is 2. The maximum atomic E-state index is 11.4. The number of methoxy groups -OCH3 is 1. The highest BCUT2D eigenvalue weighted by Gasteiger charge is 2.04. The molecule has 1 aromatic carbocycles. The molecule has 0 heterocycles. The van der Waals surface area contributed by atoms with Gasteiger partial charge in [-0.25, -0.2) is 0 Å². The van der Waals surface area contributed by atoms with Crippen molar-refractivity contribution >= 4 is 29.9 Å². The van der Waals surface area contributed by atoms with Crippen LogP contribution >= 0.6 is 24.0 Å². The van der Waals surface area contributed by atoms with Crippen LogP contribution in [0.3, 0.4) is 0 Å². The van der Waals surface area contributed by atoms with Crippen molar-refractivity contribution in [2.75, 3.05) is 27.2 Å². The topological polar surface area (TPSA) is 50.4 Å². The van der Waals surface area contributed by atoms with Gasteiger partial charge in [0, 0.05) is 24.5 Å². The van der Waals surface area contributed by atoms with E-state index >= 15 is 0 Å². The summed E-state index contributed by atoms with van der Waals surface area (Å²) in [6.07, 6.45) is 1.21. The minimum atomic E-state index is 0. The van der Waals surface area contributed by atoms with Crippen molar-refractivity contribution in [2.45, 2.75) is 12.8 Å². The lowest BCUT2D eigenvalue weighted by molar-refractivity contribution is -0.120. The zero-order valence-corrected chi connectivity index (χ0v) is 12.7. The van der Waals surface area contributed by atoms with Crippen LogP contribution in [-0.2, 0) is 11.2 Å². The number of ether oxygens (including phenoxy) is 1. The van der Waals surface area contributed by atoms with Gasteiger partial charge in [0.25, 0.3) is 0 Å². The zero-order chi connectivity index (χ0) is 13.4. The number of rotatable bonds is 7. The second-order valence-corrected chi connectivity index (χ2v) is 4.32. The molecule has 0 atom stereocenters. The van der Waals surface area contributed by atoms with E-state index in [4.69, 9.17) is 16.3 Å². The van der Waals surface area contributed by atoms with Gasteiger partial charge in [0.15, 0.2) is 0 Å². The minimum Gasteiger partial charge on any atom is -0.497 e. The minimum absolute atomic E-state index is 0. The number of amides is 1. The van der Waals surface area contributed by atoms with Crippen molar-refractivity contribution < 1.29 is 9.53 Å². The molecule has 0 unspecified atom stereocenters. The molecule has 1 amide bonds. The van der Waals surface area contributed by atoms with Gasteiger partial charge >= 0.3 is 0 Å². The van der Waals surface area contributed by atoms with Crippen LogP contribution in [0, 0.1) is 0 Å². The molecule has 0 spiro atoms. The van der Waals surface area contributed by atoms with Crippen LogP contribution in [0.25, 0.3) is 0 Å². The first kappa shape index (κ1) is 18.0. The molecule has 1 rings (SSSR count). The van der Waals surface area contributed by atoms with E-state index in [0.29, 0.717) is 31.0 Å². The summed E-state index contributed by atoms with van der Waals surface area (Å²) in [6.45, 7) is 1.28. The Hall–Kier alpha value is -0.970. The van der Waals surface area contributed by atoms with Gasteiger partial charge in [-0.15, -0.1) is 12.4 Å². The van der Waals surface area contributed by atoms with E-state index in [9.17, 15) is 4.79 Å². The van der Waals surface area contributed by atoms with Crippen molar-refractivity contribution in [3.63, 3.8) is 0 Å². The Morgan fingerprint density at radius 3 is 2.68 bits per heavy atom. The molecule has 6 heteroatoms. The highest BCUT2D eigenvalue weighted by atomic mass is 35.5. The molecule has 0 bridgehead atoms. The van der Waals surface area contributed by atoms with Crippen LogP contribution in [0.2, 0.25) is 5.02 Å². The average molecular weight is 307 g/mol. The van der Waals surface area contributed by atoms with Crippen LogP contribution in [0.4, 0.5) is 0 Å². The van der Waals surface area contributed by atoms with Crippen molar-refractivity contribution in [1.29, 1.82) is 0 Å². The molecule has 0 saturated carbocycles. The van der Waals surface area contributed by atoms with Gasteiger partial charge in [-0.05, 0) is 31.2 Å². The lowest BCUT2D eigenvalue weighted by Crippen LogP contribution is -2.28. The fraction of sp³-hybridized carbons (Fsp3) is 0.462. The Bertz CT molecular complexity index is 400. The fourth-order valence-corrected chi connectivity index (χ4v) is 1.79. The molecule has 0 aromatic heterocycles. The molecule has 0 radical (unpaired) electrons. The monoisotopic (exact) mass is 306 g/mol. The largest absolute Gasteiger partial charge is 0.497 e. The van der Waals surface area contributed by atoms with Gasteiger partial charge < -0.3 is 15.4 Å². The Balaban J connectivity index is 0.00000324. The molecule has 19 heavy (non-hydrogen) atoms. The van der Waals surface area contributed by atoms with Gasteiger partial charge in [0.05, 0.1) is 7.11 Å². The van der Waals surface area contributed by atoms with Crippen LogP contribution in [0.5, 0.6) is 5.75 Å². The van der Waals surface area contributed by atoms with Crippen molar-refractivity contribution in [1.82, 2.24) is 10.6 Å². The summed E-state index contributed by atoms with van der Waals surface area (Å²) in [5.74, 6) is 0.788. The number of benzene rings is 1. The molecular formula is C13H20Cl2N2O2. The molecule has 0 aliphatic carbocycles. The highest BCUT2D eigenvalue weighted by molar-refractivity contribution is 6.31. The maximum absolute atomic E-state index is 11.4. The smallest absolute Gasteiger partial charge is 0.221 e. The van der Waals surface area contributed by atoms with Crippen LogP contribution < -0.4 is 15.4 Å². The third-order valence-corrected chi connectivity index (χ3v) is 2.93. The van der Waals surface area contributed by atoms with Crippen LogP contribution in [0.15, 0.2) is 18.2 Å². The lowest BCUT2D eigenvalue weighted by Gasteiger charge is -2.08. The van der Waals surface area contributed by atoms with Gasteiger partial charge in [0.2, 0.25) is 5.91 Å². The molecule has 0 aliphatic heterocycles. The van der Waals surface area contributed by atoms with Crippen molar-refractivity contribution in [2.24, 2.45) is 0 Å². The first-order valence-electron chi connectivity index (χ1n) is 5.91. The van der Waals surface area contributed by atoms with E-state index in [1.54, 1.807) is 13.2 Å². The van der Waals surface area contributed by atoms with Gasteiger partial charge in [-0.2, -0.15) is 0 Å². The molecule has 0 aliphatic rings. The molecule has 0 fully saturated rings. The molecule has 1 aromatic rings. The van der Waals surface area contributed by atoms with Gasteiger partial charge in [-0.3, -0.25) is 4.79 Å². The maximum Gasteiger partial charge on any atom is 0.221 e. The Kier molecular flexibility index (Phi) is 9.39. The SMILES string of the molecule is CNCCC(=O)NCCc1ccc(OC)cc1Cl.Cl. The summed E-state index contributed by atoms with van der Waals surface area (Å²) in [4.78, 5) is 11.4. The number of hydrogen-bond acceptors (Lipinski definition) is 3. The second kappa shape index (κ2) is 9.89. The predicted octanol–water partition coefficient (Wildman–Crippen LogP) is 2.04. The molecular weight excluding hydrogens is 287 g/mol. The lowest BCUT2D eigenvalue weighted by atomic mass is 10.1.